The largest absolute Gasteiger partial charge is 0.357 e. The van der Waals surface area contributed by atoms with Gasteiger partial charge in [0.05, 0.1) is 0 Å². The maximum atomic E-state index is 7.86. The van der Waals surface area contributed by atoms with Crippen molar-refractivity contribution in [2.45, 2.75) is 33.1 Å². The highest BCUT2D eigenvalue weighted by Crippen LogP contribution is 2.09. The van der Waals surface area contributed by atoms with Crippen LogP contribution in [0.1, 0.15) is 33.1 Å². The summed E-state index contributed by atoms with van der Waals surface area (Å²) in [4.78, 5) is 2.16. The number of nitrogens with one attached hydrogen (secondary N) is 1. The maximum absolute atomic E-state index is 7.86. The van der Waals surface area contributed by atoms with Crippen molar-refractivity contribution in [3.05, 3.63) is 23.8 Å². The zero-order valence-electron chi connectivity index (χ0n) is 9.21. The predicted octanol–water partition coefficient (Wildman–Crippen LogP) is 2.97. The lowest BCUT2D eigenvalue weighted by atomic mass is 10.1. The number of rotatable bonds is 2. The molecule has 1 aliphatic heterocycles. The Bertz CT molecular complexity index is 245. The summed E-state index contributed by atoms with van der Waals surface area (Å²) in [7, 11) is 0. The second-order valence-electron chi connectivity index (χ2n) is 3.80. The summed E-state index contributed by atoms with van der Waals surface area (Å²) in [5.74, 6) is 0.658. The average molecular weight is 192 g/mol. The highest BCUT2D eigenvalue weighted by molar-refractivity contribution is 5.90. The molecule has 0 aliphatic carbocycles. The third-order valence-corrected chi connectivity index (χ3v) is 2.66. The molecule has 1 heterocycles. The van der Waals surface area contributed by atoms with E-state index in [4.69, 9.17) is 5.41 Å². The van der Waals surface area contributed by atoms with Crippen molar-refractivity contribution in [3.8, 4) is 0 Å². The zero-order valence-corrected chi connectivity index (χ0v) is 9.21. The fourth-order valence-electron chi connectivity index (χ4n) is 1.55. The van der Waals surface area contributed by atoms with Crippen LogP contribution in [0.4, 0.5) is 0 Å². The molecule has 0 amide bonds. The molecule has 0 radical (unpaired) electrons. The van der Waals surface area contributed by atoms with E-state index < -0.39 is 0 Å². The molecular formula is C12H20N2. The average Bonchev–Trinajstić information content (AvgIpc) is 2.26. The summed E-state index contributed by atoms with van der Waals surface area (Å²) in [6.45, 7) is 6.18. The summed E-state index contributed by atoms with van der Waals surface area (Å²) in [5, 5.41) is 7.86. The molecule has 1 N–H and O–H groups in total. The van der Waals surface area contributed by atoms with Crippen molar-refractivity contribution in [2.75, 3.05) is 13.1 Å². The van der Waals surface area contributed by atoms with E-state index in [1.54, 1.807) is 0 Å². The van der Waals surface area contributed by atoms with Gasteiger partial charge in [-0.3, -0.25) is 5.41 Å². The van der Waals surface area contributed by atoms with Crippen LogP contribution in [0.3, 0.4) is 0 Å². The van der Waals surface area contributed by atoms with Crippen LogP contribution in [-0.2, 0) is 0 Å². The van der Waals surface area contributed by atoms with Gasteiger partial charge in [0.25, 0.3) is 0 Å². The third kappa shape index (κ3) is 3.36. The molecule has 1 saturated heterocycles. The minimum absolute atomic E-state index is 0.658. The lowest BCUT2D eigenvalue weighted by Gasteiger charge is -2.27. The van der Waals surface area contributed by atoms with Crippen LogP contribution in [0, 0.1) is 5.41 Å². The van der Waals surface area contributed by atoms with Crippen LogP contribution >= 0.6 is 0 Å². The number of piperidine rings is 1. The standard InChI is InChI=1S/C12H20N2/c1-3-11(2)7-8-12(13)14-9-5-4-6-10-14/h3,7-8,13H,4-6,9-10H2,1-2H3/b8-7-,11-3+,13-12?. The van der Waals surface area contributed by atoms with Crippen molar-refractivity contribution >= 4 is 5.84 Å². The van der Waals surface area contributed by atoms with Gasteiger partial charge in [-0.05, 0) is 39.2 Å². The number of amidine groups is 1. The molecule has 78 valence electrons. The lowest BCUT2D eigenvalue weighted by Crippen LogP contribution is -2.33. The van der Waals surface area contributed by atoms with Gasteiger partial charge in [-0.15, -0.1) is 0 Å². The summed E-state index contributed by atoms with van der Waals surface area (Å²) in [6, 6.07) is 0. The predicted molar refractivity (Wildman–Crippen MR) is 61.7 cm³/mol. The van der Waals surface area contributed by atoms with Gasteiger partial charge in [0.1, 0.15) is 5.84 Å². The number of nitrogens with zero attached hydrogens (tertiary/aromatic N) is 1. The Balaban J connectivity index is 2.44. The van der Waals surface area contributed by atoms with Crippen LogP contribution in [-0.4, -0.2) is 23.8 Å². The zero-order chi connectivity index (χ0) is 10.4. The van der Waals surface area contributed by atoms with Crippen molar-refractivity contribution in [3.63, 3.8) is 0 Å². The van der Waals surface area contributed by atoms with Crippen molar-refractivity contribution < 1.29 is 0 Å². The Morgan fingerprint density at radius 1 is 1.14 bits per heavy atom. The summed E-state index contributed by atoms with van der Waals surface area (Å²) < 4.78 is 0. The number of allylic oxidation sites excluding steroid dienone is 3. The number of likely N-dealkylation sites (tertiary alicyclic amines) is 1. The number of hydrogen-bond acceptors (Lipinski definition) is 1. The first-order valence-corrected chi connectivity index (χ1v) is 5.38. The summed E-state index contributed by atoms with van der Waals surface area (Å²) >= 11 is 0. The molecule has 0 unspecified atom stereocenters. The third-order valence-electron chi connectivity index (χ3n) is 2.66. The fraction of sp³-hybridized carbons (Fsp3) is 0.583. The molecular weight excluding hydrogens is 172 g/mol. The maximum Gasteiger partial charge on any atom is 0.120 e. The number of hydrogen-bond donors (Lipinski definition) is 1. The molecule has 1 fully saturated rings. The fourth-order valence-corrected chi connectivity index (χ4v) is 1.55. The Hall–Kier alpha value is -1.05. The van der Waals surface area contributed by atoms with Gasteiger partial charge < -0.3 is 4.90 Å². The quantitative estimate of drug-likeness (QED) is 0.406. The molecule has 2 nitrogen and oxygen atoms in total. The first-order chi connectivity index (χ1) is 6.74. The molecule has 0 spiro atoms. The van der Waals surface area contributed by atoms with E-state index in [0.29, 0.717) is 5.84 Å². The van der Waals surface area contributed by atoms with Crippen molar-refractivity contribution in [1.29, 1.82) is 5.41 Å². The Morgan fingerprint density at radius 3 is 2.36 bits per heavy atom. The Morgan fingerprint density at radius 2 is 1.79 bits per heavy atom. The molecule has 1 aliphatic rings. The van der Waals surface area contributed by atoms with Crippen molar-refractivity contribution in [2.24, 2.45) is 0 Å². The normalized spacial score (nSPS) is 19.0. The lowest BCUT2D eigenvalue weighted by molar-refractivity contribution is 0.342. The highest BCUT2D eigenvalue weighted by atomic mass is 15.2. The van der Waals surface area contributed by atoms with Gasteiger partial charge in [-0.1, -0.05) is 17.7 Å². The van der Waals surface area contributed by atoms with E-state index in [-0.39, 0.29) is 0 Å². The van der Waals surface area contributed by atoms with Gasteiger partial charge >= 0.3 is 0 Å². The van der Waals surface area contributed by atoms with Crippen molar-refractivity contribution in [1.82, 2.24) is 4.90 Å². The van der Waals surface area contributed by atoms with E-state index in [2.05, 4.69) is 17.9 Å². The van der Waals surface area contributed by atoms with Crippen LogP contribution in [0.25, 0.3) is 0 Å². The van der Waals surface area contributed by atoms with Crippen LogP contribution < -0.4 is 0 Å². The minimum Gasteiger partial charge on any atom is -0.357 e. The summed E-state index contributed by atoms with van der Waals surface area (Å²) in [6.07, 6.45) is 9.76. The van der Waals surface area contributed by atoms with Gasteiger partial charge in [-0.25, -0.2) is 0 Å². The van der Waals surface area contributed by atoms with E-state index >= 15 is 0 Å². The summed E-state index contributed by atoms with van der Waals surface area (Å²) in [5.41, 5.74) is 1.21. The molecule has 0 bridgehead atoms. The molecule has 0 aromatic heterocycles. The molecule has 0 aromatic rings. The van der Waals surface area contributed by atoms with E-state index in [1.807, 2.05) is 19.1 Å². The molecule has 0 saturated carbocycles. The Kier molecular flexibility index (Phi) is 4.44. The first kappa shape index (κ1) is 11.0. The topological polar surface area (TPSA) is 27.1 Å². The smallest absolute Gasteiger partial charge is 0.120 e. The minimum atomic E-state index is 0.658. The van der Waals surface area contributed by atoms with E-state index in [0.717, 1.165) is 13.1 Å². The van der Waals surface area contributed by atoms with Crippen LogP contribution in [0.2, 0.25) is 0 Å². The van der Waals surface area contributed by atoms with Gasteiger partial charge in [0.15, 0.2) is 0 Å². The molecule has 0 atom stereocenters. The SMILES string of the molecule is C/C=C(C)/C=C\C(=N)N1CCCCC1. The van der Waals surface area contributed by atoms with E-state index in [1.165, 1.54) is 24.8 Å². The van der Waals surface area contributed by atoms with Gasteiger partial charge in [0, 0.05) is 13.1 Å². The molecule has 0 aromatic carbocycles. The highest BCUT2D eigenvalue weighted by Gasteiger charge is 2.10. The monoisotopic (exact) mass is 192 g/mol. The Labute approximate surface area is 86.8 Å². The molecule has 14 heavy (non-hydrogen) atoms. The molecule has 1 rings (SSSR count). The van der Waals surface area contributed by atoms with Crippen LogP contribution in [0.5, 0.6) is 0 Å². The van der Waals surface area contributed by atoms with Gasteiger partial charge in [0.2, 0.25) is 0 Å². The molecule has 2 heteroatoms. The van der Waals surface area contributed by atoms with Crippen LogP contribution in [0.15, 0.2) is 23.8 Å². The second-order valence-corrected chi connectivity index (χ2v) is 3.80. The van der Waals surface area contributed by atoms with E-state index in [9.17, 15) is 0 Å². The first-order valence-electron chi connectivity index (χ1n) is 5.38. The van der Waals surface area contributed by atoms with Gasteiger partial charge in [-0.2, -0.15) is 0 Å². The second kappa shape index (κ2) is 5.63.